The van der Waals surface area contributed by atoms with Gasteiger partial charge in [0.1, 0.15) is 18.0 Å². The number of aromatic nitrogens is 2. The van der Waals surface area contributed by atoms with Gasteiger partial charge in [-0.05, 0) is 37.1 Å². The number of piperidine rings is 1. The van der Waals surface area contributed by atoms with Crippen LogP contribution in [0, 0.1) is 12.3 Å². The number of benzene rings is 1. The first-order chi connectivity index (χ1) is 13.3. The fourth-order valence-corrected chi connectivity index (χ4v) is 3.70. The van der Waals surface area contributed by atoms with Gasteiger partial charge in [-0.3, -0.25) is 0 Å². The Balaban J connectivity index is 1.41. The Morgan fingerprint density at radius 3 is 2.67 bits per heavy atom. The lowest BCUT2D eigenvalue weighted by Crippen LogP contribution is -2.42. The van der Waals surface area contributed by atoms with Gasteiger partial charge < -0.3 is 19.9 Å². The van der Waals surface area contributed by atoms with Gasteiger partial charge >= 0.3 is 0 Å². The number of morpholine rings is 1. The molecule has 0 bridgehead atoms. The van der Waals surface area contributed by atoms with Crippen molar-refractivity contribution in [1.29, 1.82) is 0 Å². The number of hydrogen-bond acceptors (Lipinski definition) is 6. The van der Waals surface area contributed by atoms with E-state index in [2.05, 4.69) is 43.1 Å². The van der Waals surface area contributed by atoms with E-state index in [1.807, 2.05) is 18.2 Å². The zero-order valence-corrected chi connectivity index (χ0v) is 15.5. The summed E-state index contributed by atoms with van der Waals surface area (Å²) in [7, 11) is 0. The fraction of sp³-hybridized carbons (Fsp3) is 0.429. The van der Waals surface area contributed by atoms with Crippen LogP contribution in [0.15, 0.2) is 36.7 Å². The summed E-state index contributed by atoms with van der Waals surface area (Å²) in [4.78, 5) is 13.5. The molecule has 2 aliphatic heterocycles. The first kappa shape index (κ1) is 17.6. The lowest BCUT2D eigenvalue weighted by Gasteiger charge is -2.35. The van der Waals surface area contributed by atoms with Gasteiger partial charge in [0, 0.05) is 49.5 Å². The van der Waals surface area contributed by atoms with Crippen molar-refractivity contribution in [3.63, 3.8) is 0 Å². The van der Waals surface area contributed by atoms with Crippen molar-refractivity contribution in [2.75, 3.05) is 54.5 Å². The van der Waals surface area contributed by atoms with Gasteiger partial charge in [-0.2, -0.15) is 0 Å². The predicted molar refractivity (Wildman–Crippen MR) is 108 cm³/mol. The molecule has 140 valence electrons. The van der Waals surface area contributed by atoms with Gasteiger partial charge in [0.05, 0.1) is 13.2 Å². The third-order valence-corrected chi connectivity index (χ3v) is 5.16. The predicted octanol–water partition coefficient (Wildman–Crippen LogP) is 2.38. The third-order valence-electron chi connectivity index (χ3n) is 5.16. The average molecular weight is 363 g/mol. The Morgan fingerprint density at radius 1 is 1.07 bits per heavy atom. The molecular weight excluding hydrogens is 338 g/mol. The smallest absolute Gasteiger partial charge is 0.134 e. The molecule has 0 spiro atoms. The van der Waals surface area contributed by atoms with E-state index < -0.39 is 0 Å². The molecule has 1 N–H and O–H groups in total. The lowest BCUT2D eigenvalue weighted by atomic mass is 10.0. The first-order valence-corrected chi connectivity index (χ1v) is 9.55. The molecule has 0 saturated carbocycles. The molecule has 2 fully saturated rings. The second-order valence-corrected chi connectivity index (χ2v) is 6.98. The molecule has 4 rings (SSSR count). The molecule has 3 heterocycles. The van der Waals surface area contributed by atoms with Crippen molar-refractivity contribution in [1.82, 2.24) is 9.97 Å². The highest BCUT2D eigenvalue weighted by molar-refractivity contribution is 5.52. The molecule has 0 aliphatic carbocycles. The number of ether oxygens (including phenoxy) is 1. The van der Waals surface area contributed by atoms with Gasteiger partial charge in [0.25, 0.3) is 0 Å². The summed E-state index contributed by atoms with van der Waals surface area (Å²) in [5.41, 5.74) is 2.14. The van der Waals surface area contributed by atoms with Crippen LogP contribution in [0.25, 0.3) is 0 Å². The molecule has 0 unspecified atom stereocenters. The molecule has 2 aliphatic rings. The molecule has 6 nitrogen and oxygen atoms in total. The van der Waals surface area contributed by atoms with E-state index in [4.69, 9.17) is 11.2 Å². The average Bonchev–Trinajstić information content (AvgIpc) is 2.75. The highest BCUT2D eigenvalue weighted by atomic mass is 16.5. The van der Waals surface area contributed by atoms with Crippen LogP contribution in [-0.2, 0) is 4.74 Å². The van der Waals surface area contributed by atoms with Crippen molar-refractivity contribution in [3.8, 4) is 12.3 Å². The van der Waals surface area contributed by atoms with Crippen LogP contribution in [0.5, 0.6) is 0 Å². The summed E-state index contributed by atoms with van der Waals surface area (Å²) in [6.07, 6.45) is 9.38. The van der Waals surface area contributed by atoms with Crippen LogP contribution < -0.4 is 15.1 Å². The standard InChI is InChI=1S/C21H25N5O/c1-2-17-5-7-19(8-6-17)26-9-3-4-18(15-26)24-20-14-21(23-16-22-20)25-10-12-27-13-11-25/h1,5-8,14,16,18H,3-4,9-13,15H2,(H,22,23,24)/t18-/m1/s1. The third kappa shape index (κ3) is 4.32. The van der Waals surface area contributed by atoms with Crippen LogP contribution in [-0.4, -0.2) is 55.4 Å². The summed E-state index contributed by atoms with van der Waals surface area (Å²) in [5, 5.41) is 3.60. The van der Waals surface area contributed by atoms with Gasteiger partial charge in [0.2, 0.25) is 0 Å². The second kappa shape index (κ2) is 8.28. The van der Waals surface area contributed by atoms with E-state index in [9.17, 15) is 0 Å². The van der Waals surface area contributed by atoms with E-state index in [0.29, 0.717) is 6.04 Å². The molecule has 27 heavy (non-hydrogen) atoms. The molecular formula is C21H25N5O. The fourth-order valence-electron chi connectivity index (χ4n) is 3.70. The van der Waals surface area contributed by atoms with Crippen LogP contribution >= 0.6 is 0 Å². The van der Waals surface area contributed by atoms with Crippen LogP contribution in [0.4, 0.5) is 17.3 Å². The molecule has 1 aromatic carbocycles. The Bertz CT molecular complexity index is 795. The summed E-state index contributed by atoms with van der Waals surface area (Å²) in [6, 6.07) is 10.6. The van der Waals surface area contributed by atoms with E-state index in [0.717, 1.165) is 69.4 Å². The Kier molecular flexibility index (Phi) is 5.40. The van der Waals surface area contributed by atoms with E-state index >= 15 is 0 Å². The second-order valence-electron chi connectivity index (χ2n) is 6.98. The van der Waals surface area contributed by atoms with Crippen molar-refractivity contribution < 1.29 is 4.74 Å². The number of terminal acetylenes is 1. The number of nitrogens with one attached hydrogen (secondary N) is 1. The SMILES string of the molecule is C#Cc1ccc(N2CCC[C@@H](Nc3cc(N4CCOCC4)ncn3)C2)cc1. The van der Waals surface area contributed by atoms with E-state index in [1.165, 1.54) is 5.69 Å². The lowest BCUT2D eigenvalue weighted by molar-refractivity contribution is 0.122. The van der Waals surface area contributed by atoms with Gasteiger partial charge in [0.15, 0.2) is 0 Å². The van der Waals surface area contributed by atoms with E-state index in [-0.39, 0.29) is 0 Å². The number of hydrogen-bond donors (Lipinski definition) is 1. The van der Waals surface area contributed by atoms with Crippen molar-refractivity contribution >= 4 is 17.3 Å². The molecule has 0 radical (unpaired) electrons. The monoisotopic (exact) mass is 363 g/mol. The molecule has 1 atom stereocenters. The van der Waals surface area contributed by atoms with E-state index in [1.54, 1.807) is 6.33 Å². The number of anilines is 3. The number of rotatable bonds is 4. The minimum absolute atomic E-state index is 0.360. The maximum atomic E-state index is 5.46. The maximum Gasteiger partial charge on any atom is 0.134 e. The largest absolute Gasteiger partial charge is 0.378 e. The minimum atomic E-state index is 0.360. The summed E-state index contributed by atoms with van der Waals surface area (Å²) in [6.45, 7) is 5.27. The van der Waals surface area contributed by atoms with Crippen LogP contribution in [0.1, 0.15) is 18.4 Å². The quantitative estimate of drug-likeness (QED) is 0.842. The first-order valence-electron chi connectivity index (χ1n) is 9.55. The maximum absolute atomic E-state index is 5.46. The molecule has 1 aromatic heterocycles. The summed E-state index contributed by atoms with van der Waals surface area (Å²) in [5.74, 6) is 4.53. The van der Waals surface area contributed by atoms with Crippen LogP contribution in [0.2, 0.25) is 0 Å². The van der Waals surface area contributed by atoms with Crippen molar-refractivity contribution in [2.45, 2.75) is 18.9 Å². The Labute approximate surface area is 160 Å². The van der Waals surface area contributed by atoms with Gasteiger partial charge in [-0.15, -0.1) is 6.42 Å². The van der Waals surface area contributed by atoms with Crippen molar-refractivity contribution in [2.24, 2.45) is 0 Å². The normalized spacial score (nSPS) is 20.2. The van der Waals surface area contributed by atoms with Crippen molar-refractivity contribution in [3.05, 3.63) is 42.2 Å². The van der Waals surface area contributed by atoms with Gasteiger partial charge in [-0.1, -0.05) is 5.92 Å². The number of nitrogens with zero attached hydrogens (tertiary/aromatic N) is 4. The minimum Gasteiger partial charge on any atom is -0.378 e. The molecule has 2 aromatic rings. The zero-order valence-electron chi connectivity index (χ0n) is 15.5. The Hall–Kier alpha value is -2.78. The highest BCUT2D eigenvalue weighted by Crippen LogP contribution is 2.23. The molecule has 2 saturated heterocycles. The highest BCUT2D eigenvalue weighted by Gasteiger charge is 2.21. The summed E-state index contributed by atoms with van der Waals surface area (Å²) >= 11 is 0. The van der Waals surface area contributed by atoms with Gasteiger partial charge in [-0.25, -0.2) is 9.97 Å². The zero-order chi connectivity index (χ0) is 18.5. The Morgan fingerprint density at radius 2 is 1.89 bits per heavy atom. The summed E-state index contributed by atoms with van der Waals surface area (Å²) < 4.78 is 5.42. The topological polar surface area (TPSA) is 53.5 Å². The van der Waals surface area contributed by atoms with Crippen LogP contribution in [0.3, 0.4) is 0 Å². The molecule has 0 amide bonds. The molecule has 6 heteroatoms.